The van der Waals surface area contributed by atoms with E-state index < -0.39 is 40.5 Å². The largest absolute Gasteiger partial charge is 0.325 e. The number of benzene rings is 2. The van der Waals surface area contributed by atoms with Gasteiger partial charge in [-0.2, -0.15) is 0 Å². The van der Waals surface area contributed by atoms with Crippen LogP contribution in [0, 0.1) is 25.7 Å². The first-order valence-corrected chi connectivity index (χ1v) is 9.36. The molecule has 0 bridgehead atoms. The molecule has 3 rings (SSSR count). The lowest BCUT2D eigenvalue weighted by Gasteiger charge is -2.31. The first kappa shape index (κ1) is 20.0. The molecule has 0 aliphatic heterocycles. The van der Waals surface area contributed by atoms with Gasteiger partial charge in [0.2, 0.25) is 5.91 Å². The van der Waals surface area contributed by atoms with Gasteiger partial charge >= 0.3 is 0 Å². The number of hydrogen-bond acceptors (Lipinski definition) is 4. The molecule has 6 heteroatoms. The van der Waals surface area contributed by atoms with E-state index in [4.69, 9.17) is 11.6 Å². The SMILES string of the molecule is CC(=O)[C@H](C(=O)Nc1c(C)cccc1C)[C@H]1C(=O)c2ccccc2C(=O)[C@H]1Cl. The van der Waals surface area contributed by atoms with Crippen LogP contribution < -0.4 is 5.32 Å². The lowest BCUT2D eigenvalue weighted by Crippen LogP contribution is -2.48. The molecule has 3 atom stereocenters. The minimum atomic E-state index is -1.36. The molecular formula is C22H20ClNO4. The molecule has 0 unspecified atom stereocenters. The van der Waals surface area contributed by atoms with Crippen molar-refractivity contribution in [2.75, 3.05) is 5.32 Å². The number of ketones is 3. The van der Waals surface area contributed by atoms with Gasteiger partial charge in [0, 0.05) is 16.8 Å². The number of carbonyl (C=O) groups excluding carboxylic acids is 4. The predicted molar refractivity (Wildman–Crippen MR) is 107 cm³/mol. The number of halogens is 1. The summed E-state index contributed by atoms with van der Waals surface area (Å²) < 4.78 is 0. The Hall–Kier alpha value is -2.79. The summed E-state index contributed by atoms with van der Waals surface area (Å²) in [5.74, 6) is -4.67. The lowest BCUT2D eigenvalue weighted by molar-refractivity contribution is -0.131. The van der Waals surface area contributed by atoms with Crippen molar-refractivity contribution in [1.82, 2.24) is 0 Å². The molecule has 28 heavy (non-hydrogen) atoms. The van der Waals surface area contributed by atoms with Crippen LogP contribution in [0.15, 0.2) is 42.5 Å². The highest BCUT2D eigenvalue weighted by Crippen LogP contribution is 2.35. The van der Waals surface area contributed by atoms with Gasteiger partial charge in [-0.1, -0.05) is 42.5 Å². The van der Waals surface area contributed by atoms with Crippen molar-refractivity contribution >= 4 is 40.5 Å². The number of alkyl halides is 1. The van der Waals surface area contributed by atoms with E-state index in [1.165, 1.54) is 19.1 Å². The number of aryl methyl sites for hydroxylation is 2. The van der Waals surface area contributed by atoms with Crippen LogP contribution in [0.1, 0.15) is 38.8 Å². The van der Waals surface area contributed by atoms with Crippen molar-refractivity contribution in [3.8, 4) is 0 Å². The molecule has 1 aliphatic rings. The summed E-state index contributed by atoms with van der Waals surface area (Å²) >= 11 is 6.30. The van der Waals surface area contributed by atoms with Crippen molar-refractivity contribution in [3.05, 3.63) is 64.7 Å². The van der Waals surface area contributed by atoms with Gasteiger partial charge in [-0.3, -0.25) is 19.2 Å². The standard InChI is InChI=1S/C22H20ClNO4/c1-11-7-6-8-12(2)19(11)24-22(28)16(13(3)25)17-18(23)21(27)15-10-5-4-9-14(15)20(17)26/h4-10,16-18H,1-3H3,(H,24,28)/t16-,17+,18-/m0/s1. The van der Waals surface area contributed by atoms with Gasteiger partial charge in [-0.05, 0) is 31.9 Å². The lowest BCUT2D eigenvalue weighted by atomic mass is 9.73. The second-order valence-electron chi connectivity index (χ2n) is 7.05. The molecule has 0 radical (unpaired) electrons. The molecule has 0 saturated heterocycles. The maximum absolute atomic E-state index is 13.0. The highest BCUT2D eigenvalue weighted by Gasteiger charge is 2.48. The van der Waals surface area contributed by atoms with Crippen LogP contribution in [0.2, 0.25) is 0 Å². The monoisotopic (exact) mass is 397 g/mol. The molecule has 2 aromatic carbocycles. The van der Waals surface area contributed by atoms with E-state index in [-0.39, 0.29) is 11.1 Å². The van der Waals surface area contributed by atoms with E-state index >= 15 is 0 Å². The van der Waals surface area contributed by atoms with Crippen LogP contribution in [0.4, 0.5) is 5.69 Å². The topological polar surface area (TPSA) is 80.3 Å². The average molecular weight is 398 g/mol. The summed E-state index contributed by atoms with van der Waals surface area (Å²) in [7, 11) is 0. The van der Waals surface area contributed by atoms with Gasteiger partial charge in [-0.15, -0.1) is 11.6 Å². The molecule has 0 fully saturated rings. The van der Waals surface area contributed by atoms with Gasteiger partial charge in [0.15, 0.2) is 11.6 Å². The first-order chi connectivity index (χ1) is 13.2. The third-order valence-corrected chi connectivity index (χ3v) is 5.61. The van der Waals surface area contributed by atoms with Crippen molar-refractivity contribution in [2.45, 2.75) is 26.1 Å². The van der Waals surface area contributed by atoms with E-state index in [0.29, 0.717) is 5.69 Å². The molecule has 0 heterocycles. The number of para-hydroxylation sites is 1. The van der Waals surface area contributed by atoms with Crippen molar-refractivity contribution < 1.29 is 19.2 Å². The second-order valence-corrected chi connectivity index (χ2v) is 7.52. The summed E-state index contributed by atoms with van der Waals surface area (Å²) in [6, 6.07) is 11.9. The zero-order chi connectivity index (χ0) is 20.6. The van der Waals surface area contributed by atoms with Crippen LogP contribution in [-0.2, 0) is 9.59 Å². The first-order valence-electron chi connectivity index (χ1n) is 8.93. The third kappa shape index (κ3) is 3.38. The van der Waals surface area contributed by atoms with Crippen molar-refractivity contribution in [3.63, 3.8) is 0 Å². The number of hydrogen-bond donors (Lipinski definition) is 1. The van der Waals surface area contributed by atoms with Crippen LogP contribution in [0.25, 0.3) is 0 Å². The van der Waals surface area contributed by atoms with Gasteiger partial charge < -0.3 is 5.32 Å². The fraction of sp³-hybridized carbons (Fsp3) is 0.273. The maximum Gasteiger partial charge on any atom is 0.235 e. The van der Waals surface area contributed by atoms with E-state index in [1.54, 1.807) is 12.1 Å². The normalized spacial score (nSPS) is 19.7. The maximum atomic E-state index is 13.0. The Morgan fingerprint density at radius 1 is 0.929 bits per heavy atom. The Kier molecular flexibility index (Phi) is 5.47. The molecule has 2 aromatic rings. The van der Waals surface area contributed by atoms with Gasteiger partial charge in [0.1, 0.15) is 17.1 Å². The van der Waals surface area contributed by atoms with Gasteiger partial charge in [0.05, 0.1) is 5.92 Å². The molecule has 0 spiro atoms. The van der Waals surface area contributed by atoms with Crippen LogP contribution in [-0.4, -0.2) is 28.6 Å². The summed E-state index contributed by atoms with van der Waals surface area (Å²) in [4.78, 5) is 51.1. The Bertz CT molecular complexity index is 978. The summed E-state index contributed by atoms with van der Waals surface area (Å²) in [6.45, 7) is 4.90. The number of carbonyl (C=O) groups is 4. The second kappa shape index (κ2) is 7.68. The third-order valence-electron chi connectivity index (χ3n) is 5.14. The molecule has 0 aromatic heterocycles. The molecule has 1 N–H and O–H groups in total. The van der Waals surface area contributed by atoms with E-state index in [0.717, 1.165) is 11.1 Å². The number of amides is 1. The average Bonchev–Trinajstić information content (AvgIpc) is 2.66. The number of anilines is 1. The van der Waals surface area contributed by atoms with Crippen LogP contribution in [0.3, 0.4) is 0 Å². The Morgan fingerprint density at radius 2 is 1.46 bits per heavy atom. The fourth-order valence-electron chi connectivity index (χ4n) is 3.67. The zero-order valence-corrected chi connectivity index (χ0v) is 16.5. The molecule has 1 aliphatic carbocycles. The number of fused-ring (bicyclic) bond motifs is 1. The van der Waals surface area contributed by atoms with Crippen molar-refractivity contribution in [2.24, 2.45) is 11.8 Å². The number of Topliss-reactive ketones (excluding diaryl/α,β-unsaturated/α-hetero) is 3. The Morgan fingerprint density at radius 3 is 2.00 bits per heavy atom. The number of nitrogens with one attached hydrogen (secondary N) is 1. The van der Waals surface area contributed by atoms with Gasteiger partial charge in [0.25, 0.3) is 0 Å². The quantitative estimate of drug-likeness (QED) is 0.629. The Balaban J connectivity index is 2.01. The van der Waals surface area contributed by atoms with Gasteiger partial charge in [-0.25, -0.2) is 0 Å². The minimum Gasteiger partial charge on any atom is -0.325 e. The Labute approximate surface area is 168 Å². The summed E-state index contributed by atoms with van der Waals surface area (Å²) in [6.07, 6.45) is 0. The summed E-state index contributed by atoms with van der Waals surface area (Å²) in [5, 5.41) is 1.48. The highest BCUT2D eigenvalue weighted by molar-refractivity contribution is 6.39. The molecule has 0 saturated carbocycles. The van der Waals surface area contributed by atoms with E-state index in [1.807, 2.05) is 32.0 Å². The number of rotatable bonds is 4. The molecule has 5 nitrogen and oxygen atoms in total. The zero-order valence-electron chi connectivity index (χ0n) is 15.8. The smallest absolute Gasteiger partial charge is 0.235 e. The van der Waals surface area contributed by atoms with Crippen LogP contribution >= 0.6 is 11.6 Å². The van der Waals surface area contributed by atoms with E-state index in [2.05, 4.69) is 5.32 Å². The fourth-order valence-corrected chi connectivity index (χ4v) is 4.05. The molecular weight excluding hydrogens is 378 g/mol. The molecule has 1 amide bonds. The van der Waals surface area contributed by atoms with Crippen LogP contribution in [0.5, 0.6) is 0 Å². The van der Waals surface area contributed by atoms with Crippen molar-refractivity contribution in [1.29, 1.82) is 0 Å². The predicted octanol–water partition coefficient (Wildman–Crippen LogP) is 3.75. The highest BCUT2D eigenvalue weighted by atomic mass is 35.5. The van der Waals surface area contributed by atoms with E-state index in [9.17, 15) is 19.2 Å². The molecule has 144 valence electrons. The summed E-state index contributed by atoms with van der Waals surface area (Å²) in [5.41, 5.74) is 2.66. The minimum absolute atomic E-state index is 0.195.